The van der Waals surface area contributed by atoms with E-state index in [1.807, 2.05) is 0 Å². The summed E-state index contributed by atoms with van der Waals surface area (Å²) >= 11 is 0. The summed E-state index contributed by atoms with van der Waals surface area (Å²) in [6.07, 6.45) is -4.90. The first kappa shape index (κ1) is 24.4. The molecular formula is C24H17F4N5O3. The van der Waals surface area contributed by atoms with Gasteiger partial charge in [-0.15, -0.1) is 0 Å². The number of halogens is 4. The van der Waals surface area contributed by atoms with Gasteiger partial charge in [-0.05, 0) is 54.6 Å². The molecule has 0 aliphatic heterocycles. The molecule has 4 aromatic rings. The molecule has 0 aliphatic rings. The number of rotatable bonds is 5. The Kier molecular flexibility index (Phi) is 6.68. The Morgan fingerprint density at radius 1 is 0.889 bits per heavy atom. The van der Waals surface area contributed by atoms with Crippen molar-refractivity contribution in [2.75, 3.05) is 17.7 Å². The monoisotopic (exact) mass is 499 g/mol. The van der Waals surface area contributed by atoms with Gasteiger partial charge < -0.3 is 20.7 Å². The van der Waals surface area contributed by atoms with E-state index in [1.54, 1.807) is 24.3 Å². The zero-order chi connectivity index (χ0) is 25.9. The van der Waals surface area contributed by atoms with Crippen LogP contribution in [0.2, 0.25) is 0 Å². The lowest BCUT2D eigenvalue weighted by atomic mass is 10.2. The molecule has 0 saturated carbocycles. The van der Waals surface area contributed by atoms with Crippen molar-refractivity contribution in [3.8, 4) is 11.6 Å². The third-order valence-electron chi connectivity index (χ3n) is 4.85. The van der Waals surface area contributed by atoms with Gasteiger partial charge in [-0.25, -0.2) is 14.2 Å². The number of urea groups is 1. The van der Waals surface area contributed by atoms with Crippen molar-refractivity contribution in [3.63, 3.8) is 0 Å². The number of ether oxygens (including phenoxy) is 1. The molecule has 8 nitrogen and oxygen atoms in total. The van der Waals surface area contributed by atoms with Crippen LogP contribution in [0.15, 0.2) is 66.7 Å². The number of hydrogen-bond donors (Lipinski definition) is 3. The van der Waals surface area contributed by atoms with E-state index in [-0.39, 0.29) is 17.4 Å². The second kappa shape index (κ2) is 9.86. The van der Waals surface area contributed by atoms with Crippen molar-refractivity contribution in [2.24, 2.45) is 0 Å². The molecule has 36 heavy (non-hydrogen) atoms. The SMILES string of the molecule is CNC(=O)c1nc(Oc2ccc(NC(=O)Nc3ccc(F)c(C(F)(F)F)c3)cc2)c2ccccc2n1. The molecular weight excluding hydrogens is 482 g/mol. The van der Waals surface area contributed by atoms with Gasteiger partial charge in [0.1, 0.15) is 11.6 Å². The summed E-state index contributed by atoms with van der Waals surface area (Å²) in [7, 11) is 1.45. The van der Waals surface area contributed by atoms with Crippen molar-refractivity contribution < 1.29 is 31.9 Å². The zero-order valence-electron chi connectivity index (χ0n) is 18.5. The van der Waals surface area contributed by atoms with Crippen LogP contribution in [0.5, 0.6) is 11.6 Å². The number of aromatic nitrogens is 2. The maximum Gasteiger partial charge on any atom is 0.419 e. The minimum atomic E-state index is -4.90. The van der Waals surface area contributed by atoms with Crippen molar-refractivity contribution in [1.82, 2.24) is 15.3 Å². The molecule has 0 unspecified atom stereocenters. The Morgan fingerprint density at radius 3 is 2.25 bits per heavy atom. The molecule has 0 fully saturated rings. The van der Waals surface area contributed by atoms with Gasteiger partial charge in [-0.3, -0.25) is 4.79 Å². The van der Waals surface area contributed by atoms with Gasteiger partial charge in [0.25, 0.3) is 5.91 Å². The average molecular weight is 499 g/mol. The molecule has 12 heteroatoms. The van der Waals surface area contributed by atoms with Gasteiger partial charge in [0.15, 0.2) is 0 Å². The first-order valence-electron chi connectivity index (χ1n) is 10.4. The number of amides is 3. The lowest BCUT2D eigenvalue weighted by Gasteiger charge is -2.12. The number of para-hydroxylation sites is 1. The maximum absolute atomic E-state index is 13.4. The van der Waals surface area contributed by atoms with Crippen LogP contribution < -0.4 is 20.7 Å². The maximum atomic E-state index is 13.4. The molecule has 3 aromatic carbocycles. The lowest BCUT2D eigenvalue weighted by Crippen LogP contribution is -2.21. The number of alkyl halides is 3. The number of fused-ring (bicyclic) bond motifs is 1. The highest BCUT2D eigenvalue weighted by molar-refractivity contribution is 5.99. The molecule has 0 saturated heterocycles. The van der Waals surface area contributed by atoms with E-state index in [0.717, 1.165) is 6.07 Å². The molecule has 0 aliphatic carbocycles. The van der Waals surface area contributed by atoms with Crippen LogP contribution in [-0.4, -0.2) is 29.0 Å². The Morgan fingerprint density at radius 2 is 1.56 bits per heavy atom. The second-order valence-electron chi connectivity index (χ2n) is 7.35. The highest BCUT2D eigenvalue weighted by Gasteiger charge is 2.34. The van der Waals surface area contributed by atoms with Crippen LogP contribution in [0.4, 0.5) is 33.7 Å². The summed E-state index contributed by atoms with van der Waals surface area (Å²) in [5, 5.41) is 7.71. The molecule has 0 spiro atoms. The predicted molar refractivity (Wildman–Crippen MR) is 123 cm³/mol. The van der Waals surface area contributed by atoms with Gasteiger partial charge in [-0.2, -0.15) is 18.2 Å². The number of benzene rings is 3. The largest absolute Gasteiger partial charge is 0.438 e. The normalized spacial score (nSPS) is 11.1. The predicted octanol–water partition coefficient (Wildman–Crippen LogP) is 5.58. The zero-order valence-corrected chi connectivity index (χ0v) is 18.5. The Bertz CT molecular complexity index is 1440. The number of hydrogen-bond acceptors (Lipinski definition) is 5. The van der Waals surface area contributed by atoms with Crippen molar-refractivity contribution in [2.45, 2.75) is 6.18 Å². The van der Waals surface area contributed by atoms with Gasteiger partial charge in [0.2, 0.25) is 11.7 Å². The van der Waals surface area contributed by atoms with Gasteiger partial charge in [0.05, 0.1) is 16.5 Å². The average Bonchev–Trinajstić information content (AvgIpc) is 2.85. The smallest absolute Gasteiger partial charge is 0.419 e. The van der Waals surface area contributed by atoms with E-state index in [9.17, 15) is 27.2 Å². The summed E-state index contributed by atoms with van der Waals surface area (Å²) < 4.78 is 57.9. The topological polar surface area (TPSA) is 105 Å². The molecule has 3 N–H and O–H groups in total. The third kappa shape index (κ3) is 5.49. The molecule has 0 radical (unpaired) electrons. The van der Waals surface area contributed by atoms with E-state index in [2.05, 4.69) is 25.9 Å². The van der Waals surface area contributed by atoms with Gasteiger partial charge in [0, 0.05) is 18.4 Å². The second-order valence-corrected chi connectivity index (χ2v) is 7.35. The summed E-state index contributed by atoms with van der Waals surface area (Å²) in [5.41, 5.74) is -0.913. The summed E-state index contributed by atoms with van der Waals surface area (Å²) in [5.74, 6) is -1.52. The fraction of sp³-hybridized carbons (Fsp3) is 0.0833. The molecule has 3 amide bonds. The van der Waals surface area contributed by atoms with Crippen LogP contribution in [0.1, 0.15) is 16.2 Å². The quantitative estimate of drug-likeness (QED) is 0.311. The van der Waals surface area contributed by atoms with Gasteiger partial charge in [-0.1, -0.05) is 12.1 Å². The molecule has 184 valence electrons. The number of nitrogens with one attached hydrogen (secondary N) is 3. The van der Waals surface area contributed by atoms with Crippen LogP contribution in [0.25, 0.3) is 10.9 Å². The molecule has 4 rings (SSSR count). The summed E-state index contributed by atoms with van der Waals surface area (Å²) in [4.78, 5) is 32.6. The van der Waals surface area contributed by atoms with Crippen LogP contribution in [0.3, 0.4) is 0 Å². The van der Waals surface area contributed by atoms with Gasteiger partial charge >= 0.3 is 12.2 Å². The van der Waals surface area contributed by atoms with Crippen LogP contribution >= 0.6 is 0 Å². The van der Waals surface area contributed by atoms with E-state index >= 15 is 0 Å². The van der Waals surface area contributed by atoms with Crippen molar-refractivity contribution in [3.05, 3.63) is 83.9 Å². The third-order valence-corrected chi connectivity index (χ3v) is 4.85. The molecule has 0 atom stereocenters. The van der Waals surface area contributed by atoms with Crippen molar-refractivity contribution >= 4 is 34.2 Å². The fourth-order valence-electron chi connectivity index (χ4n) is 3.17. The number of nitrogens with zero attached hydrogens (tertiary/aromatic N) is 2. The van der Waals surface area contributed by atoms with Crippen LogP contribution in [0, 0.1) is 5.82 Å². The molecule has 0 bridgehead atoms. The minimum Gasteiger partial charge on any atom is -0.438 e. The van der Waals surface area contributed by atoms with E-state index in [0.29, 0.717) is 34.5 Å². The number of carbonyl (C=O) groups excluding carboxylic acids is 2. The van der Waals surface area contributed by atoms with Crippen molar-refractivity contribution in [1.29, 1.82) is 0 Å². The molecule has 1 aromatic heterocycles. The number of carbonyl (C=O) groups is 2. The first-order chi connectivity index (χ1) is 17.1. The first-order valence-corrected chi connectivity index (χ1v) is 10.4. The minimum absolute atomic E-state index is 0.0735. The van der Waals surface area contributed by atoms with E-state index < -0.39 is 29.5 Å². The molecule has 1 heterocycles. The highest BCUT2D eigenvalue weighted by Crippen LogP contribution is 2.33. The Labute approximate surface area is 201 Å². The number of anilines is 2. The van der Waals surface area contributed by atoms with E-state index in [1.165, 1.54) is 31.3 Å². The fourth-order valence-corrected chi connectivity index (χ4v) is 3.17. The Balaban J connectivity index is 1.47. The standard InChI is InChI=1S/C24H17F4N5O3/c1-29-21(34)20-32-19-5-3-2-4-16(19)22(33-20)36-15-9-6-13(7-10-15)30-23(35)31-14-8-11-18(25)17(12-14)24(26,27)28/h2-12H,1H3,(H,29,34)(H2,30,31,35). The summed E-state index contributed by atoms with van der Waals surface area (Å²) in [6, 6.07) is 14.3. The van der Waals surface area contributed by atoms with E-state index in [4.69, 9.17) is 4.74 Å². The Hall–Kier alpha value is -4.74. The lowest BCUT2D eigenvalue weighted by molar-refractivity contribution is -0.139. The highest BCUT2D eigenvalue weighted by atomic mass is 19.4. The van der Waals surface area contributed by atoms with Crippen LogP contribution in [-0.2, 0) is 6.18 Å². The summed E-state index contributed by atoms with van der Waals surface area (Å²) in [6.45, 7) is 0.